The van der Waals surface area contributed by atoms with E-state index in [9.17, 15) is 4.79 Å². The van der Waals surface area contributed by atoms with E-state index in [0.717, 1.165) is 54.3 Å². The molecule has 1 aromatic carbocycles. The van der Waals surface area contributed by atoms with Gasteiger partial charge in [0.05, 0.1) is 12.1 Å². The SMILES string of the molecule is O=c1[nH]c(CN2CCC(c3nc4cc(Cl)ccc4o3)CC2)nc2ccsc12. The molecule has 4 heterocycles. The number of halogens is 1. The number of nitrogens with zero attached hydrogens (tertiary/aromatic N) is 3. The lowest BCUT2D eigenvalue weighted by atomic mass is 9.97. The van der Waals surface area contributed by atoms with Crippen LogP contribution in [0.4, 0.5) is 0 Å². The highest BCUT2D eigenvalue weighted by Gasteiger charge is 2.25. The molecule has 0 amide bonds. The molecule has 27 heavy (non-hydrogen) atoms. The normalized spacial score (nSPS) is 16.5. The number of likely N-dealkylation sites (tertiary alicyclic amines) is 1. The topological polar surface area (TPSA) is 75.0 Å². The van der Waals surface area contributed by atoms with Gasteiger partial charge in [0.2, 0.25) is 0 Å². The number of fused-ring (bicyclic) bond motifs is 2. The molecule has 138 valence electrons. The molecule has 3 aromatic heterocycles. The third-order valence-electron chi connectivity index (χ3n) is 5.04. The van der Waals surface area contributed by atoms with Crippen molar-refractivity contribution in [3.63, 3.8) is 0 Å². The standard InChI is InChI=1S/C19H17ClN4O2S/c20-12-1-2-15-14(9-12)22-19(26-15)11-3-6-24(7-4-11)10-16-21-13-5-8-27-17(13)18(25)23-16/h1-2,5,8-9,11H,3-4,6-7,10H2,(H,21,23,25). The molecule has 8 heteroatoms. The van der Waals surface area contributed by atoms with Crippen LogP contribution in [-0.2, 0) is 6.54 Å². The van der Waals surface area contributed by atoms with Crippen molar-refractivity contribution in [3.8, 4) is 0 Å². The first-order valence-electron chi connectivity index (χ1n) is 8.90. The van der Waals surface area contributed by atoms with Gasteiger partial charge in [0.15, 0.2) is 11.5 Å². The lowest BCUT2D eigenvalue weighted by Crippen LogP contribution is -2.33. The summed E-state index contributed by atoms with van der Waals surface area (Å²) in [6, 6.07) is 7.41. The van der Waals surface area contributed by atoms with Gasteiger partial charge in [0.1, 0.15) is 16.0 Å². The van der Waals surface area contributed by atoms with Crippen molar-refractivity contribution < 1.29 is 4.42 Å². The van der Waals surface area contributed by atoms with Crippen molar-refractivity contribution in [2.24, 2.45) is 0 Å². The lowest BCUT2D eigenvalue weighted by Gasteiger charge is -2.29. The molecule has 0 radical (unpaired) electrons. The Morgan fingerprint density at radius 3 is 2.93 bits per heavy atom. The monoisotopic (exact) mass is 400 g/mol. The molecular formula is C19H17ClN4O2S. The number of rotatable bonds is 3. The van der Waals surface area contributed by atoms with E-state index in [-0.39, 0.29) is 5.56 Å². The van der Waals surface area contributed by atoms with Crippen molar-refractivity contribution in [2.45, 2.75) is 25.3 Å². The molecule has 1 fully saturated rings. The molecule has 0 aliphatic carbocycles. The number of nitrogens with one attached hydrogen (secondary N) is 1. The minimum Gasteiger partial charge on any atom is -0.440 e. The number of hydrogen-bond donors (Lipinski definition) is 1. The number of piperidine rings is 1. The summed E-state index contributed by atoms with van der Waals surface area (Å²) < 4.78 is 6.61. The fourth-order valence-corrected chi connectivity index (χ4v) is 4.53. The van der Waals surface area contributed by atoms with Crippen molar-refractivity contribution in [1.29, 1.82) is 0 Å². The van der Waals surface area contributed by atoms with E-state index in [1.54, 1.807) is 0 Å². The number of hydrogen-bond acceptors (Lipinski definition) is 6. The van der Waals surface area contributed by atoms with Gasteiger partial charge in [-0.2, -0.15) is 0 Å². The number of aromatic amines is 1. The molecule has 1 aliphatic rings. The smallest absolute Gasteiger partial charge is 0.268 e. The Bertz CT molecular complexity index is 1170. The van der Waals surface area contributed by atoms with E-state index >= 15 is 0 Å². The Balaban J connectivity index is 1.28. The zero-order chi connectivity index (χ0) is 18.4. The summed E-state index contributed by atoms with van der Waals surface area (Å²) in [5.41, 5.74) is 2.32. The first kappa shape index (κ1) is 16.9. The third kappa shape index (κ3) is 3.26. The van der Waals surface area contributed by atoms with Crippen molar-refractivity contribution >= 4 is 44.3 Å². The predicted molar refractivity (Wildman–Crippen MR) is 107 cm³/mol. The molecule has 1 saturated heterocycles. The van der Waals surface area contributed by atoms with Gasteiger partial charge in [-0.25, -0.2) is 9.97 Å². The quantitative estimate of drug-likeness (QED) is 0.559. The van der Waals surface area contributed by atoms with E-state index in [4.69, 9.17) is 16.0 Å². The second-order valence-electron chi connectivity index (χ2n) is 6.86. The van der Waals surface area contributed by atoms with E-state index in [0.29, 0.717) is 22.2 Å². The average Bonchev–Trinajstić information content (AvgIpc) is 3.29. The maximum atomic E-state index is 12.1. The van der Waals surface area contributed by atoms with Gasteiger partial charge in [0, 0.05) is 10.9 Å². The van der Waals surface area contributed by atoms with Crippen LogP contribution in [-0.4, -0.2) is 32.9 Å². The van der Waals surface area contributed by atoms with Crippen LogP contribution in [0, 0.1) is 0 Å². The zero-order valence-electron chi connectivity index (χ0n) is 14.4. The maximum absolute atomic E-state index is 12.1. The summed E-state index contributed by atoms with van der Waals surface area (Å²) in [6.45, 7) is 2.47. The summed E-state index contributed by atoms with van der Waals surface area (Å²) in [5, 5.41) is 2.57. The molecule has 1 N–H and O–H groups in total. The number of aromatic nitrogens is 3. The molecule has 4 aromatic rings. The number of benzene rings is 1. The Morgan fingerprint density at radius 1 is 1.22 bits per heavy atom. The molecule has 5 rings (SSSR count). The molecule has 0 bridgehead atoms. The highest BCUT2D eigenvalue weighted by atomic mass is 35.5. The molecule has 0 unspecified atom stereocenters. The van der Waals surface area contributed by atoms with E-state index in [2.05, 4.69) is 19.9 Å². The van der Waals surface area contributed by atoms with Gasteiger partial charge in [-0.15, -0.1) is 11.3 Å². The second-order valence-corrected chi connectivity index (χ2v) is 8.21. The van der Waals surface area contributed by atoms with Crippen molar-refractivity contribution in [1.82, 2.24) is 19.9 Å². The van der Waals surface area contributed by atoms with Gasteiger partial charge < -0.3 is 9.40 Å². The highest BCUT2D eigenvalue weighted by Crippen LogP contribution is 2.31. The first-order valence-corrected chi connectivity index (χ1v) is 10.2. The van der Waals surface area contributed by atoms with Gasteiger partial charge >= 0.3 is 0 Å². The van der Waals surface area contributed by atoms with Crippen LogP contribution < -0.4 is 5.56 Å². The van der Waals surface area contributed by atoms with Crippen LogP contribution in [0.5, 0.6) is 0 Å². The Labute approximate surface area is 163 Å². The molecule has 1 aliphatic heterocycles. The first-order chi connectivity index (χ1) is 13.2. The van der Waals surface area contributed by atoms with E-state index in [1.807, 2.05) is 29.6 Å². The average molecular weight is 401 g/mol. The van der Waals surface area contributed by atoms with Crippen LogP contribution in [0.15, 0.2) is 38.9 Å². The van der Waals surface area contributed by atoms with Crippen LogP contribution >= 0.6 is 22.9 Å². The molecular weight excluding hydrogens is 384 g/mol. The predicted octanol–water partition coefficient (Wildman–Crippen LogP) is 4.16. The van der Waals surface area contributed by atoms with Crippen LogP contribution in [0.1, 0.15) is 30.5 Å². The third-order valence-corrected chi connectivity index (χ3v) is 6.18. The lowest BCUT2D eigenvalue weighted by molar-refractivity contribution is 0.190. The van der Waals surface area contributed by atoms with E-state index in [1.165, 1.54) is 11.3 Å². The summed E-state index contributed by atoms with van der Waals surface area (Å²) in [7, 11) is 0. The Kier molecular flexibility index (Phi) is 4.22. The minimum absolute atomic E-state index is 0.0509. The second kappa shape index (κ2) is 6.74. The van der Waals surface area contributed by atoms with Crippen LogP contribution in [0.25, 0.3) is 21.3 Å². The number of oxazole rings is 1. The maximum Gasteiger partial charge on any atom is 0.268 e. The Hall–Kier alpha value is -2.22. The Morgan fingerprint density at radius 2 is 2.07 bits per heavy atom. The van der Waals surface area contributed by atoms with Gasteiger partial charge in [-0.3, -0.25) is 9.69 Å². The van der Waals surface area contributed by atoms with E-state index < -0.39 is 0 Å². The van der Waals surface area contributed by atoms with Crippen LogP contribution in [0.3, 0.4) is 0 Å². The zero-order valence-corrected chi connectivity index (χ0v) is 16.0. The van der Waals surface area contributed by atoms with Gasteiger partial charge in [-0.05, 0) is 55.6 Å². The van der Waals surface area contributed by atoms with Crippen molar-refractivity contribution in [2.75, 3.05) is 13.1 Å². The molecule has 0 saturated carbocycles. The number of thiophene rings is 1. The summed E-state index contributed by atoms with van der Waals surface area (Å²) in [4.78, 5) is 26.5. The largest absolute Gasteiger partial charge is 0.440 e. The number of H-pyrrole nitrogens is 1. The molecule has 0 atom stereocenters. The fourth-order valence-electron chi connectivity index (χ4n) is 3.64. The molecule has 0 spiro atoms. The summed E-state index contributed by atoms with van der Waals surface area (Å²) in [5.74, 6) is 1.82. The van der Waals surface area contributed by atoms with Gasteiger partial charge in [0.25, 0.3) is 5.56 Å². The summed E-state index contributed by atoms with van der Waals surface area (Å²) >= 11 is 7.45. The van der Waals surface area contributed by atoms with Crippen LogP contribution in [0.2, 0.25) is 5.02 Å². The van der Waals surface area contributed by atoms with Crippen molar-refractivity contribution in [3.05, 3.63) is 56.7 Å². The highest BCUT2D eigenvalue weighted by molar-refractivity contribution is 7.17. The fraction of sp³-hybridized carbons (Fsp3) is 0.316. The summed E-state index contributed by atoms with van der Waals surface area (Å²) in [6.07, 6.45) is 1.93. The minimum atomic E-state index is -0.0509. The van der Waals surface area contributed by atoms with Gasteiger partial charge in [-0.1, -0.05) is 11.6 Å². The molecule has 6 nitrogen and oxygen atoms in total.